The molecule has 12 heavy (non-hydrogen) atoms. The lowest BCUT2D eigenvalue weighted by atomic mass is 10.1. The van der Waals surface area contributed by atoms with E-state index < -0.39 is 0 Å². The molecule has 0 spiro atoms. The van der Waals surface area contributed by atoms with Crippen LogP contribution in [0.1, 0.15) is 27.7 Å². The minimum absolute atomic E-state index is 0.110. The van der Waals surface area contributed by atoms with Gasteiger partial charge in [-0.2, -0.15) is 0 Å². The van der Waals surface area contributed by atoms with E-state index in [1.165, 1.54) is 11.8 Å². The van der Waals surface area contributed by atoms with Crippen LogP contribution < -0.4 is 0 Å². The lowest BCUT2D eigenvalue weighted by molar-refractivity contribution is -0.119. The Labute approximate surface area is 78.7 Å². The molecule has 0 saturated heterocycles. The molecular formula is C9H18O2S. The fourth-order valence-electron chi connectivity index (χ4n) is 0.520. The Balaban J connectivity index is 3.61. The van der Waals surface area contributed by atoms with Crippen LogP contribution in [0.5, 0.6) is 0 Å². The van der Waals surface area contributed by atoms with E-state index in [0.717, 1.165) is 0 Å². The summed E-state index contributed by atoms with van der Waals surface area (Å²) in [7, 11) is 0. The highest BCUT2D eigenvalue weighted by molar-refractivity contribution is 8.00. The summed E-state index contributed by atoms with van der Waals surface area (Å²) in [6.45, 7) is 7.48. The third-order valence-electron chi connectivity index (χ3n) is 1.81. The predicted molar refractivity (Wildman–Crippen MR) is 53.4 cm³/mol. The molecule has 1 N–H and O–H groups in total. The van der Waals surface area contributed by atoms with Gasteiger partial charge < -0.3 is 5.11 Å². The van der Waals surface area contributed by atoms with Crippen molar-refractivity contribution in [1.82, 2.24) is 0 Å². The van der Waals surface area contributed by atoms with Gasteiger partial charge in [0.1, 0.15) is 5.78 Å². The molecule has 0 aromatic carbocycles. The fourth-order valence-corrected chi connectivity index (χ4v) is 1.56. The molecule has 0 amide bonds. The van der Waals surface area contributed by atoms with Crippen LogP contribution in [0.3, 0.4) is 0 Å². The van der Waals surface area contributed by atoms with E-state index in [0.29, 0.717) is 5.75 Å². The molecule has 0 rings (SSSR count). The summed E-state index contributed by atoms with van der Waals surface area (Å²) < 4.78 is 0. The molecule has 0 heterocycles. The molecule has 0 aliphatic carbocycles. The summed E-state index contributed by atoms with van der Waals surface area (Å²) >= 11 is 1.52. The predicted octanol–water partition coefficient (Wildman–Crippen LogP) is 1.71. The molecule has 0 aliphatic rings. The van der Waals surface area contributed by atoms with Crippen molar-refractivity contribution < 1.29 is 9.90 Å². The monoisotopic (exact) mass is 190 g/mol. The van der Waals surface area contributed by atoms with E-state index in [4.69, 9.17) is 5.11 Å². The van der Waals surface area contributed by atoms with Gasteiger partial charge in [-0.3, -0.25) is 4.79 Å². The van der Waals surface area contributed by atoms with Crippen molar-refractivity contribution in [1.29, 1.82) is 0 Å². The van der Waals surface area contributed by atoms with Gasteiger partial charge >= 0.3 is 0 Å². The van der Waals surface area contributed by atoms with Crippen LogP contribution >= 0.6 is 11.8 Å². The van der Waals surface area contributed by atoms with E-state index in [-0.39, 0.29) is 23.1 Å². The zero-order valence-corrected chi connectivity index (χ0v) is 9.02. The SMILES string of the molecule is CC(C)C(=O)CSC(C)C(C)O. The van der Waals surface area contributed by atoms with E-state index >= 15 is 0 Å². The van der Waals surface area contributed by atoms with Gasteiger partial charge in [0.15, 0.2) is 0 Å². The van der Waals surface area contributed by atoms with Crippen molar-refractivity contribution in [2.24, 2.45) is 5.92 Å². The van der Waals surface area contributed by atoms with Gasteiger partial charge in [-0.1, -0.05) is 20.8 Å². The zero-order valence-electron chi connectivity index (χ0n) is 8.20. The van der Waals surface area contributed by atoms with Gasteiger partial charge in [0.2, 0.25) is 0 Å². The molecule has 0 bridgehead atoms. The highest BCUT2D eigenvalue weighted by atomic mass is 32.2. The molecule has 2 unspecified atom stereocenters. The first kappa shape index (κ1) is 12.0. The van der Waals surface area contributed by atoms with Gasteiger partial charge in [-0.05, 0) is 6.92 Å². The number of aliphatic hydroxyl groups is 1. The molecule has 2 nitrogen and oxygen atoms in total. The second-order valence-electron chi connectivity index (χ2n) is 3.38. The van der Waals surface area contributed by atoms with Gasteiger partial charge in [-0.15, -0.1) is 11.8 Å². The highest BCUT2D eigenvalue weighted by Gasteiger charge is 2.13. The Morgan fingerprint density at radius 1 is 1.33 bits per heavy atom. The molecule has 0 fully saturated rings. The number of aliphatic hydroxyl groups excluding tert-OH is 1. The summed E-state index contributed by atoms with van der Waals surface area (Å²) in [5.41, 5.74) is 0. The van der Waals surface area contributed by atoms with Crippen molar-refractivity contribution in [3.63, 3.8) is 0 Å². The Bertz CT molecular complexity index is 143. The van der Waals surface area contributed by atoms with Crippen molar-refractivity contribution in [2.45, 2.75) is 39.0 Å². The van der Waals surface area contributed by atoms with Crippen molar-refractivity contribution >= 4 is 17.5 Å². The fraction of sp³-hybridized carbons (Fsp3) is 0.889. The lowest BCUT2D eigenvalue weighted by Gasteiger charge is -2.13. The molecule has 0 radical (unpaired) electrons. The summed E-state index contributed by atoms with van der Waals surface area (Å²) in [6, 6.07) is 0. The number of thioether (sulfide) groups is 1. The summed E-state index contributed by atoms with van der Waals surface area (Å²) in [6.07, 6.45) is -0.338. The molecule has 0 saturated carbocycles. The maximum absolute atomic E-state index is 11.2. The summed E-state index contributed by atoms with van der Waals surface area (Å²) in [4.78, 5) is 11.2. The van der Waals surface area contributed by atoms with Gasteiger partial charge in [0, 0.05) is 11.2 Å². The Kier molecular flexibility index (Phi) is 5.59. The molecule has 0 aliphatic heterocycles. The average Bonchev–Trinajstić information content (AvgIpc) is 1.98. The van der Waals surface area contributed by atoms with Crippen molar-refractivity contribution in [2.75, 3.05) is 5.75 Å². The molecule has 0 aromatic heterocycles. The number of hydrogen-bond donors (Lipinski definition) is 1. The minimum Gasteiger partial charge on any atom is -0.392 e. The van der Waals surface area contributed by atoms with Crippen LogP contribution in [0.15, 0.2) is 0 Å². The third kappa shape index (κ3) is 4.78. The largest absolute Gasteiger partial charge is 0.392 e. The van der Waals surface area contributed by atoms with Crippen LogP contribution in [-0.2, 0) is 4.79 Å². The van der Waals surface area contributed by atoms with E-state index in [9.17, 15) is 4.79 Å². The average molecular weight is 190 g/mol. The second-order valence-corrected chi connectivity index (χ2v) is 4.74. The Morgan fingerprint density at radius 2 is 1.83 bits per heavy atom. The smallest absolute Gasteiger partial charge is 0.145 e. The number of ketones is 1. The number of carbonyl (C=O) groups excluding carboxylic acids is 1. The first-order valence-corrected chi connectivity index (χ1v) is 5.32. The number of Topliss-reactive ketones (excluding diaryl/α,β-unsaturated/α-hetero) is 1. The first-order valence-electron chi connectivity index (χ1n) is 4.27. The maximum Gasteiger partial charge on any atom is 0.145 e. The van der Waals surface area contributed by atoms with Crippen molar-refractivity contribution in [3.05, 3.63) is 0 Å². The number of rotatable bonds is 5. The normalized spacial score (nSPS) is 16.2. The molecule has 72 valence electrons. The van der Waals surface area contributed by atoms with Crippen LogP contribution in [0.2, 0.25) is 0 Å². The number of hydrogen-bond acceptors (Lipinski definition) is 3. The van der Waals surface area contributed by atoms with Crippen LogP contribution in [0.25, 0.3) is 0 Å². The van der Waals surface area contributed by atoms with Crippen LogP contribution in [0.4, 0.5) is 0 Å². The van der Waals surface area contributed by atoms with E-state index in [2.05, 4.69) is 0 Å². The summed E-state index contributed by atoms with van der Waals surface area (Å²) in [5, 5.41) is 9.29. The van der Waals surface area contributed by atoms with Gasteiger partial charge in [-0.25, -0.2) is 0 Å². The first-order chi connectivity index (χ1) is 5.45. The summed E-state index contributed by atoms with van der Waals surface area (Å²) in [5.74, 6) is 0.884. The lowest BCUT2D eigenvalue weighted by Crippen LogP contribution is -2.19. The van der Waals surface area contributed by atoms with E-state index in [1.807, 2.05) is 20.8 Å². The zero-order chi connectivity index (χ0) is 9.72. The maximum atomic E-state index is 11.2. The van der Waals surface area contributed by atoms with Crippen LogP contribution in [0, 0.1) is 5.92 Å². The number of carbonyl (C=O) groups is 1. The Morgan fingerprint density at radius 3 is 2.17 bits per heavy atom. The molecule has 3 heteroatoms. The van der Waals surface area contributed by atoms with Gasteiger partial charge in [0.05, 0.1) is 11.9 Å². The quantitative estimate of drug-likeness (QED) is 0.717. The topological polar surface area (TPSA) is 37.3 Å². The van der Waals surface area contributed by atoms with Crippen LogP contribution in [-0.4, -0.2) is 28.0 Å². The van der Waals surface area contributed by atoms with Gasteiger partial charge in [0.25, 0.3) is 0 Å². The molecule has 2 atom stereocenters. The third-order valence-corrected chi connectivity index (χ3v) is 3.18. The Hall–Kier alpha value is -0.0200. The van der Waals surface area contributed by atoms with Crippen molar-refractivity contribution in [3.8, 4) is 0 Å². The van der Waals surface area contributed by atoms with E-state index in [1.54, 1.807) is 6.92 Å². The second kappa shape index (κ2) is 5.60. The highest BCUT2D eigenvalue weighted by Crippen LogP contribution is 2.15. The molecule has 0 aromatic rings. The molecular weight excluding hydrogens is 172 g/mol. The minimum atomic E-state index is -0.338. The standard InChI is InChI=1S/C9H18O2S/c1-6(2)9(11)5-12-8(4)7(3)10/h6-8,10H,5H2,1-4H3.